The Morgan fingerprint density at radius 1 is 1.23 bits per heavy atom. The summed E-state index contributed by atoms with van der Waals surface area (Å²) >= 11 is 0. The number of ether oxygens (including phenoxy) is 2. The van der Waals surface area contributed by atoms with E-state index in [1.807, 2.05) is 37.3 Å². The Morgan fingerprint density at radius 3 is 2.82 bits per heavy atom. The number of benzene rings is 1. The molecule has 1 aromatic heterocycles. The van der Waals surface area contributed by atoms with E-state index in [1.165, 1.54) is 6.08 Å². The summed E-state index contributed by atoms with van der Waals surface area (Å²) in [4.78, 5) is 13.7. The number of hydrogen-bond donors (Lipinski definition) is 0. The van der Waals surface area contributed by atoms with Gasteiger partial charge in [-0.05, 0) is 42.8 Å². The number of carbonyl (C=O) groups excluding carboxylic acids is 1. The topological polar surface area (TPSA) is 51.9 Å². The third-order valence-corrected chi connectivity index (χ3v) is 3.38. The normalized spacial score (nSPS) is 12.8. The van der Waals surface area contributed by atoms with Crippen molar-refractivity contribution >= 4 is 12.0 Å². The maximum absolute atomic E-state index is 12.1. The molecule has 2 aromatic rings. The minimum absolute atomic E-state index is 0.0910. The van der Waals surface area contributed by atoms with Gasteiger partial charge in [0.25, 0.3) is 0 Å². The van der Waals surface area contributed by atoms with Gasteiger partial charge in [0, 0.05) is 19.7 Å². The smallest absolute Gasteiger partial charge is 0.246 e. The zero-order valence-corrected chi connectivity index (χ0v) is 12.5. The molecule has 0 atom stereocenters. The molecule has 0 N–H and O–H groups in total. The lowest BCUT2D eigenvalue weighted by Gasteiger charge is -2.15. The van der Waals surface area contributed by atoms with Crippen molar-refractivity contribution in [2.45, 2.75) is 13.5 Å². The number of amides is 1. The number of carbonyl (C=O) groups is 1. The van der Waals surface area contributed by atoms with Gasteiger partial charge in [-0.3, -0.25) is 4.79 Å². The van der Waals surface area contributed by atoms with Gasteiger partial charge in [-0.2, -0.15) is 0 Å². The molecule has 0 saturated carbocycles. The van der Waals surface area contributed by atoms with Crippen LogP contribution < -0.4 is 9.47 Å². The predicted molar refractivity (Wildman–Crippen MR) is 81.5 cm³/mol. The molecule has 22 heavy (non-hydrogen) atoms. The summed E-state index contributed by atoms with van der Waals surface area (Å²) in [6, 6.07) is 9.37. The van der Waals surface area contributed by atoms with E-state index in [4.69, 9.17) is 13.9 Å². The van der Waals surface area contributed by atoms with E-state index in [0.29, 0.717) is 12.3 Å². The highest BCUT2D eigenvalue weighted by Crippen LogP contribution is 2.32. The summed E-state index contributed by atoms with van der Waals surface area (Å²) in [6.07, 6.45) is 3.18. The Bertz CT molecular complexity index is 717. The van der Waals surface area contributed by atoms with E-state index in [9.17, 15) is 4.79 Å². The monoisotopic (exact) mass is 299 g/mol. The van der Waals surface area contributed by atoms with E-state index >= 15 is 0 Å². The SMILES string of the molecule is Cc1ccc(/C=C/C(=O)N(C)Cc2ccc3c(c2)OCO3)o1. The van der Waals surface area contributed by atoms with Gasteiger partial charge in [0.15, 0.2) is 11.5 Å². The Hall–Kier alpha value is -2.69. The second-order valence-electron chi connectivity index (χ2n) is 5.16. The van der Waals surface area contributed by atoms with Crippen LogP contribution >= 0.6 is 0 Å². The molecule has 114 valence electrons. The van der Waals surface area contributed by atoms with E-state index < -0.39 is 0 Å². The average Bonchev–Trinajstić information content (AvgIpc) is 3.12. The molecule has 0 radical (unpaired) electrons. The number of likely N-dealkylation sites (N-methyl/N-ethyl adjacent to an activating group) is 1. The number of rotatable bonds is 4. The quantitative estimate of drug-likeness (QED) is 0.814. The summed E-state index contributed by atoms with van der Waals surface area (Å²) in [5.41, 5.74) is 0.988. The first-order valence-corrected chi connectivity index (χ1v) is 7.00. The molecule has 0 aliphatic carbocycles. The molecular weight excluding hydrogens is 282 g/mol. The first-order chi connectivity index (χ1) is 10.6. The first-order valence-electron chi connectivity index (χ1n) is 7.00. The van der Waals surface area contributed by atoms with E-state index in [2.05, 4.69) is 0 Å². The Labute approximate surface area is 128 Å². The van der Waals surface area contributed by atoms with Crippen LogP contribution in [0.2, 0.25) is 0 Å². The van der Waals surface area contributed by atoms with Crippen molar-refractivity contribution in [3.05, 3.63) is 53.5 Å². The number of hydrogen-bond acceptors (Lipinski definition) is 4. The van der Waals surface area contributed by atoms with E-state index in [1.54, 1.807) is 18.0 Å². The molecule has 0 unspecified atom stereocenters. The minimum atomic E-state index is -0.0910. The van der Waals surface area contributed by atoms with E-state index in [0.717, 1.165) is 22.8 Å². The molecule has 1 aliphatic rings. The van der Waals surface area contributed by atoms with Crippen molar-refractivity contribution < 1.29 is 18.7 Å². The maximum atomic E-state index is 12.1. The number of fused-ring (bicyclic) bond motifs is 1. The standard InChI is InChI=1S/C17H17NO4/c1-12-3-5-14(22-12)6-8-17(19)18(2)10-13-4-7-15-16(9-13)21-11-20-15/h3-9H,10-11H2,1-2H3/b8-6+. The van der Waals surface area contributed by atoms with Gasteiger partial charge in [-0.15, -0.1) is 0 Å². The van der Waals surface area contributed by atoms with Crippen LogP contribution in [0.15, 0.2) is 40.8 Å². The van der Waals surface area contributed by atoms with Gasteiger partial charge in [0.2, 0.25) is 12.7 Å². The third-order valence-electron chi connectivity index (χ3n) is 3.38. The summed E-state index contributed by atoms with van der Waals surface area (Å²) in [6.45, 7) is 2.61. The van der Waals surface area contributed by atoms with Crippen LogP contribution in [0.25, 0.3) is 6.08 Å². The van der Waals surface area contributed by atoms with Crippen LogP contribution in [0.4, 0.5) is 0 Å². The Kier molecular flexibility index (Phi) is 3.87. The maximum Gasteiger partial charge on any atom is 0.246 e. The number of aryl methyl sites for hydroxylation is 1. The zero-order chi connectivity index (χ0) is 15.5. The van der Waals surface area contributed by atoms with Crippen LogP contribution in [0.1, 0.15) is 17.1 Å². The van der Waals surface area contributed by atoms with Crippen LogP contribution in [0.5, 0.6) is 11.5 Å². The van der Waals surface area contributed by atoms with Crippen LogP contribution in [-0.2, 0) is 11.3 Å². The molecule has 0 bridgehead atoms. The second kappa shape index (κ2) is 5.97. The van der Waals surface area contributed by atoms with Crippen LogP contribution in [0.3, 0.4) is 0 Å². The molecule has 3 rings (SSSR count). The second-order valence-corrected chi connectivity index (χ2v) is 5.16. The molecule has 0 spiro atoms. The number of nitrogens with zero attached hydrogens (tertiary/aromatic N) is 1. The highest BCUT2D eigenvalue weighted by atomic mass is 16.7. The third kappa shape index (κ3) is 3.14. The summed E-state index contributed by atoms with van der Waals surface area (Å²) < 4.78 is 16.0. The molecular formula is C17H17NO4. The van der Waals surface area contributed by atoms with Crippen LogP contribution in [0, 0.1) is 6.92 Å². The lowest BCUT2D eigenvalue weighted by molar-refractivity contribution is -0.125. The Balaban J connectivity index is 1.62. The largest absolute Gasteiger partial charge is 0.462 e. The van der Waals surface area contributed by atoms with Crippen LogP contribution in [-0.4, -0.2) is 24.6 Å². The van der Waals surface area contributed by atoms with Crippen molar-refractivity contribution in [3.8, 4) is 11.5 Å². The van der Waals surface area contributed by atoms with Crippen molar-refractivity contribution in [1.29, 1.82) is 0 Å². The Morgan fingerprint density at radius 2 is 2.05 bits per heavy atom. The van der Waals surface area contributed by atoms with Crippen molar-refractivity contribution in [2.75, 3.05) is 13.8 Å². The molecule has 2 heterocycles. The van der Waals surface area contributed by atoms with Gasteiger partial charge in [0.05, 0.1) is 0 Å². The molecule has 1 aliphatic heterocycles. The molecule has 1 aromatic carbocycles. The fraction of sp³-hybridized carbons (Fsp3) is 0.235. The average molecular weight is 299 g/mol. The lowest BCUT2D eigenvalue weighted by Crippen LogP contribution is -2.24. The number of furan rings is 1. The summed E-state index contributed by atoms with van der Waals surface area (Å²) in [7, 11) is 1.75. The van der Waals surface area contributed by atoms with Gasteiger partial charge in [0.1, 0.15) is 11.5 Å². The first kappa shape index (κ1) is 14.3. The predicted octanol–water partition coefficient (Wildman–Crippen LogP) is 2.99. The summed E-state index contributed by atoms with van der Waals surface area (Å²) in [5, 5.41) is 0. The molecule has 5 nitrogen and oxygen atoms in total. The van der Waals surface area contributed by atoms with Gasteiger partial charge >= 0.3 is 0 Å². The highest BCUT2D eigenvalue weighted by Gasteiger charge is 2.14. The van der Waals surface area contributed by atoms with Gasteiger partial charge in [-0.25, -0.2) is 0 Å². The fourth-order valence-corrected chi connectivity index (χ4v) is 2.21. The highest BCUT2D eigenvalue weighted by molar-refractivity contribution is 5.91. The van der Waals surface area contributed by atoms with Gasteiger partial charge < -0.3 is 18.8 Å². The molecule has 1 amide bonds. The zero-order valence-electron chi connectivity index (χ0n) is 12.5. The van der Waals surface area contributed by atoms with Crippen molar-refractivity contribution in [2.24, 2.45) is 0 Å². The van der Waals surface area contributed by atoms with Gasteiger partial charge in [-0.1, -0.05) is 6.07 Å². The lowest BCUT2D eigenvalue weighted by atomic mass is 10.2. The van der Waals surface area contributed by atoms with Crippen molar-refractivity contribution in [3.63, 3.8) is 0 Å². The minimum Gasteiger partial charge on any atom is -0.462 e. The summed E-state index contributed by atoms with van der Waals surface area (Å²) in [5.74, 6) is 2.86. The van der Waals surface area contributed by atoms with E-state index in [-0.39, 0.29) is 12.7 Å². The molecule has 0 fully saturated rings. The van der Waals surface area contributed by atoms with Crippen molar-refractivity contribution in [1.82, 2.24) is 4.90 Å². The molecule has 0 saturated heterocycles. The molecule has 5 heteroatoms. The fourth-order valence-electron chi connectivity index (χ4n) is 2.21.